The highest BCUT2D eigenvalue weighted by atomic mass is 16.5. The maximum absolute atomic E-state index is 5.54. The highest BCUT2D eigenvalue weighted by Gasteiger charge is 2.15. The van der Waals surface area contributed by atoms with Gasteiger partial charge in [-0.25, -0.2) is 0 Å². The summed E-state index contributed by atoms with van der Waals surface area (Å²) < 4.78 is 22.2. The van der Waals surface area contributed by atoms with Crippen LogP contribution in [-0.2, 0) is 0 Å². The molecule has 3 heterocycles. The van der Waals surface area contributed by atoms with Crippen LogP contribution in [0.4, 0.5) is 22.7 Å². The van der Waals surface area contributed by atoms with Gasteiger partial charge in [-0.1, -0.05) is 0 Å². The first-order valence-electron chi connectivity index (χ1n) is 13.3. The minimum atomic E-state index is 0.564. The van der Waals surface area contributed by atoms with E-state index in [0.29, 0.717) is 45.7 Å². The van der Waals surface area contributed by atoms with E-state index in [0.717, 1.165) is 45.0 Å². The molecule has 10 heteroatoms. The Bertz CT molecular complexity index is 1520. The first-order valence-corrected chi connectivity index (χ1v) is 13.3. The fraction of sp³-hybridized carbons (Fsp3) is 0.250. The molecule has 2 aromatic heterocycles. The number of nitrogens with one attached hydrogen (secondary N) is 2. The predicted molar refractivity (Wildman–Crippen MR) is 169 cm³/mol. The van der Waals surface area contributed by atoms with Crippen molar-refractivity contribution >= 4 is 47.6 Å². The fourth-order valence-corrected chi connectivity index (χ4v) is 4.65. The topological polar surface area (TPSA) is 118 Å². The number of ether oxygens (including phenoxy) is 4. The van der Waals surface area contributed by atoms with Gasteiger partial charge in [-0.2, -0.15) is 0 Å². The number of aliphatic imine (C=N–C) groups is 4. The molecule has 0 spiro atoms. The van der Waals surface area contributed by atoms with Crippen LogP contribution in [0.15, 0.2) is 44.2 Å². The fourth-order valence-electron chi connectivity index (χ4n) is 4.65. The van der Waals surface area contributed by atoms with Crippen molar-refractivity contribution in [1.82, 2.24) is 9.97 Å². The molecule has 2 N–H and O–H groups in total. The normalized spacial score (nSPS) is 15.4. The van der Waals surface area contributed by atoms with Crippen molar-refractivity contribution in [2.24, 2.45) is 20.0 Å². The molecular weight excluding hydrogens is 532 g/mol. The zero-order valence-electron chi connectivity index (χ0n) is 25.0. The molecule has 0 amide bonds. The van der Waals surface area contributed by atoms with Gasteiger partial charge in [0.05, 0.1) is 98.8 Å². The van der Waals surface area contributed by atoms with Gasteiger partial charge in [0.1, 0.15) is 0 Å². The van der Waals surface area contributed by atoms with E-state index in [4.69, 9.17) is 38.9 Å². The highest BCUT2D eigenvalue weighted by Crippen LogP contribution is 2.41. The molecule has 4 aromatic rings. The smallest absolute Gasteiger partial charge is 0.163 e. The Morgan fingerprint density at radius 1 is 0.405 bits per heavy atom. The lowest BCUT2D eigenvalue weighted by Crippen LogP contribution is -1.92. The molecule has 5 rings (SSSR count). The minimum absolute atomic E-state index is 0.564. The van der Waals surface area contributed by atoms with Gasteiger partial charge in [0, 0.05) is 24.3 Å². The summed E-state index contributed by atoms with van der Waals surface area (Å²) in [5.74, 6) is 2.26. The largest absolute Gasteiger partial charge is 0.493 e. The standard InChI is InChI=1S/C32H34N6O4/c1-17-18(2)26-14-34-23-11-31(41-7)32(42-8)12-24(23)36-16-28-20(4)19(3)27(38-28)15-35-22-10-30(40-6)29(39-5)9-21(22)33-13-25(17)37-26/h9-16,37-38H,1-8H3/b25-13?,26-14?,27-15?,28-16?,33-13+,33-21?,34-14+,34-23?,35-15+,35-22?,36-16+,36-24?. The van der Waals surface area contributed by atoms with Crippen molar-refractivity contribution in [2.45, 2.75) is 27.7 Å². The number of hydrogen-bond donors (Lipinski definition) is 2. The van der Waals surface area contributed by atoms with E-state index in [1.54, 1.807) is 53.3 Å². The number of methoxy groups -OCH3 is 4. The molecule has 42 heavy (non-hydrogen) atoms. The lowest BCUT2D eigenvalue weighted by molar-refractivity contribution is 0.355. The van der Waals surface area contributed by atoms with Gasteiger partial charge < -0.3 is 28.9 Å². The van der Waals surface area contributed by atoms with Crippen LogP contribution in [0.3, 0.4) is 0 Å². The van der Waals surface area contributed by atoms with Crippen LogP contribution in [0, 0.1) is 27.7 Å². The molecule has 0 aliphatic carbocycles. The second kappa shape index (κ2) is 11.8. The Kier molecular flexibility index (Phi) is 7.97. The van der Waals surface area contributed by atoms with Gasteiger partial charge in [0.25, 0.3) is 0 Å². The molecule has 1 aliphatic heterocycles. The van der Waals surface area contributed by atoms with Crippen LogP contribution in [0.1, 0.15) is 45.0 Å². The molecule has 10 nitrogen and oxygen atoms in total. The zero-order chi connectivity index (χ0) is 30.0. The second-order valence-corrected chi connectivity index (χ2v) is 9.83. The Hall–Kier alpha value is -5.12. The molecule has 0 saturated carbocycles. The Labute approximate surface area is 244 Å². The zero-order valence-corrected chi connectivity index (χ0v) is 25.0. The lowest BCUT2D eigenvalue weighted by Gasteiger charge is -2.10. The minimum Gasteiger partial charge on any atom is -0.493 e. The maximum atomic E-state index is 5.54. The van der Waals surface area contributed by atoms with Gasteiger partial charge in [-0.3, -0.25) is 20.0 Å². The summed E-state index contributed by atoms with van der Waals surface area (Å²) in [6.07, 6.45) is 7.16. The average Bonchev–Trinajstić information content (AvgIpc) is 3.44. The van der Waals surface area contributed by atoms with Crippen LogP contribution < -0.4 is 18.9 Å². The summed E-state index contributed by atoms with van der Waals surface area (Å²) in [5.41, 5.74) is 10.1. The lowest BCUT2D eigenvalue weighted by atomic mass is 10.1. The Morgan fingerprint density at radius 2 is 0.619 bits per heavy atom. The molecule has 0 fully saturated rings. The molecule has 0 atom stereocenters. The third-order valence-corrected chi connectivity index (χ3v) is 7.57. The van der Waals surface area contributed by atoms with Crippen LogP contribution >= 0.6 is 0 Å². The van der Waals surface area contributed by atoms with E-state index in [9.17, 15) is 0 Å². The van der Waals surface area contributed by atoms with Crippen molar-refractivity contribution in [3.8, 4) is 23.0 Å². The second-order valence-electron chi connectivity index (χ2n) is 9.83. The number of nitrogens with zero attached hydrogens (tertiary/aromatic N) is 4. The predicted octanol–water partition coefficient (Wildman–Crippen LogP) is 6.93. The van der Waals surface area contributed by atoms with Crippen LogP contribution in [0.2, 0.25) is 0 Å². The van der Waals surface area contributed by atoms with Gasteiger partial charge in [-0.15, -0.1) is 0 Å². The number of rotatable bonds is 4. The van der Waals surface area contributed by atoms with E-state index >= 15 is 0 Å². The van der Waals surface area contributed by atoms with Crippen molar-refractivity contribution in [2.75, 3.05) is 28.4 Å². The molecule has 1 aliphatic rings. The van der Waals surface area contributed by atoms with Crippen LogP contribution in [-0.4, -0.2) is 63.3 Å². The number of hydrogen-bond acceptors (Lipinski definition) is 8. The van der Waals surface area contributed by atoms with Crippen molar-refractivity contribution in [3.63, 3.8) is 0 Å². The third-order valence-electron chi connectivity index (χ3n) is 7.57. The number of benzene rings is 2. The Balaban J connectivity index is 1.74. The number of aromatic amines is 2. The van der Waals surface area contributed by atoms with E-state index < -0.39 is 0 Å². The number of H-pyrrole nitrogens is 2. The van der Waals surface area contributed by atoms with Crippen molar-refractivity contribution < 1.29 is 18.9 Å². The molecule has 4 bridgehead atoms. The van der Waals surface area contributed by atoms with E-state index in [1.165, 1.54) is 0 Å². The first kappa shape index (κ1) is 28.4. The van der Waals surface area contributed by atoms with Gasteiger partial charge in [0.2, 0.25) is 0 Å². The summed E-state index contributed by atoms with van der Waals surface area (Å²) in [6.45, 7) is 8.17. The average molecular weight is 567 g/mol. The Morgan fingerprint density at radius 3 is 0.810 bits per heavy atom. The summed E-state index contributed by atoms with van der Waals surface area (Å²) >= 11 is 0. The first-order chi connectivity index (χ1) is 20.3. The highest BCUT2D eigenvalue weighted by molar-refractivity contribution is 5.93. The molecule has 2 aromatic carbocycles. The quantitative estimate of drug-likeness (QED) is 0.245. The molecule has 216 valence electrons. The summed E-state index contributed by atoms with van der Waals surface area (Å²) in [7, 11) is 6.39. The monoisotopic (exact) mass is 566 g/mol. The van der Waals surface area contributed by atoms with E-state index in [1.807, 2.05) is 52.0 Å². The number of aromatic nitrogens is 2. The summed E-state index contributed by atoms with van der Waals surface area (Å²) in [5, 5.41) is 0. The van der Waals surface area contributed by atoms with E-state index in [2.05, 4.69) is 9.97 Å². The maximum Gasteiger partial charge on any atom is 0.163 e. The van der Waals surface area contributed by atoms with Gasteiger partial charge in [-0.05, 0) is 49.9 Å². The molecular formula is C32H34N6O4. The third kappa shape index (κ3) is 5.30. The number of fused-ring (bicyclic) bond motifs is 6. The molecule has 0 saturated heterocycles. The van der Waals surface area contributed by atoms with Crippen molar-refractivity contribution in [3.05, 3.63) is 69.3 Å². The summed E-state index contributed by atoms with van der Waals surface area (Å²) in [4.78, 5) is 26.1. The molecule has 0 unspecified atom stereocenters. The van der Waals surface area contributed by atoms with Gasteiger partial charge in [0.15, 0.2) is 23.0 Å². The SMILES string of the molecule is COc1cc2c(cc1OC)/N=C/c1[nH]c(c(C)c1C)/C=N/c1cc(OC)c(OC)cc1/N=C/c1[nH]c(c(C)c1C)/C=N/2. The van der Waals surface area contributed by atoms with Crippen molar-refractivity contribution in [1.29, 1.82) is 0 Å². The summed E-state index contributed by atoms with van der Waals surface area (Å²) in [6, 6.07) is 7.27. The van der Waals surface area contributed by atoms with Gasteiger partial charge >= 0.3 is 0 Å². The van der Waals surface area contributed by atoms with E-state index in [-0.39, 0.29) is 0 Å². The molecule has 0 radical (unpaired) electrons. The van der Waals surface area contributed by atoms with Crippen LogP contribution in [0.25, 0.3) is 0 Å². The van der Waals surface area contributed by atoms with Crippen LogP contribution in [0.5, 0.6) is 23.0 Å².